The van der Waals surface area contributed by atoms with Gasteiger partial charge in [0.2, 0.25) is 0 Å². The molecule has 0 saturated heterocycles. The average molecular weight is 156 g/mol. The zero-order chi connectivity index (χ0) is 8.48. The monoisotopic (exact) mass is 156 g/mol. The first kappa shape index (κ1) is 9.05. The molecular weight excluding hydrogens is 136 g/mol. The van der Waals surface area contributed by atoms with Gasteiger partial charge in [0.25, 0.3) is 0 Å². The Labute approximate surface area is 69.8 Å². The van der Waals surface area contributed by atoms with Gasteiger partial charge in [0.15, 0.2) is 0 Å². The zero-order valence-electron chi connectivity index (χ0n) is 7.93. The number of rotatable bonds is 1. The maximum absolute atomic E-state index is 9.64. The van der Waals surface area contributed by atoms with Crippen molar-refractivity contribution >= 4 is 0 Å². The summed E-state index contributed by atoms with van der Waals surface area (Å²) in [5, 5.41) is 9.64. The van der Waals surface area contributed by atoms with Gasteiger partial charge in [-0.2, -0.15) is 0 Å². The van der Waals surface area contributed by atoms with E-state index < -0.39 is 0 Å². The lowest BCUT2D eigenvalue weighted by Gasteiger charge is -2.42. The first-order valence-corrected chi connectivity index (χ1v) is 4.78. The van der Waals surface area contributed by atoms with E-state index in [9.17, 15) is 5.11 Å². The minimum atomic E-state index is -0.0475. The summed E-state index contributed by atoms with van der Waals surface area (Å²) in [5.41, 5.74) is 0.400. The van der Waals surface area contributed by atoms with Gasteiger partial charge >= 0.3 is 0 Å². The van der Waals surface area contributed by atoms with E-state index >= 15 is 0 Å². The Morgan fingerprint density at radius 3 is 2.64 bits per heavy atom. The Kier molecular flexibility index (Phi) is 2.58. The summed E-state index contributed by atoms with van der Waals surface area (Å²) < 4.78 is 0. The van der Waals surface area contributed by atoms with Gasteiger partial charge in [-0.3, -0.25) is 0 Å². The van der Waals surface area contributed by atoms with Gasteiger partial charge in [0, 0.05) is 0 Å². The zero-order valence-corrected chi connectivity index (χ0v) is 7.93. The van der Waals surface area contributed by atoms with Crippen LogP contribution in [0.1, 0.15) is 46.5 Å². The van der Waals surface area contributed by atoms with E-state index in [1.807, 2.05) is 0 Å². The first-order chi connectivity index (χ1) is 5.10. The highest BCUT2D eigenvalue weighted by Gasteiger charge is 2.36. The van der Waals surface area contributed by atoms with Gasteiger partial charge in [0.05, 0.1) is 6.10 Å². The van der Waals surface area contributed by atoms with Crippen LogP contribution in [-0.2, 0) is 0 Å². The lowest BCUT2D eigenvalue weighted by atomic mass is 9.65. The normalized spacial score (nSPS) is 45.8. The summed E-state index contributed by atoms with van der Waals surface area (Å²) in [6.07, 6.45) is 4.66. The summed E-state index contributed by atoms with van der Waals surface area (Å²) in [5.74, 6) is 0.487. The molecule has 3 atom stereocenters. The van der Waals surface area contributed by atoms with E-state index in [4.69, 9.17) is 0 Å². The summed E-state index contributed by atoms with van der Waals surface area (Å²) in [7, 11) is 0. The van der Waals surface area contributed by atoms with Crippen LogP contribution in [0.15, 0.2) is 0 Å². The van der Waals surface area contributed by atoms with E-state index in [0.29, 0.717) is 11.3 Å². The van der Waals surface area contributed by atoms with Crippen molar-refractivity contribution < 1.29 is 5.11 Å². The van der Waals surface area contributed by atoms with E-state index in [0.717, 1.165) is 6.42 Å². The van der Waals surface area contributed by atoms with Crippen molar-refractivity contribution in [2.45, 2.75) is 52.6 Å². The molecule has 0 aliphatic heterocycles. The van der Waals surface area contributed by atoms with Crippen molar-refractivity contribution in [3.05, 3.63) is 0 Å². The molecule has 1 aliphatic rings. The fraction of sp³-hybridized carbons (Fsp3) is 1.00. The summed E-state index contributed by atoms with van der Waals surface area (Å²) >= 11 is 0. The molecular formula is C10H20O. The first-order valence-electron chi connectivity index (χ1n) is 4.78. The highest BCUT2D eigenvalue weighted by atomic mass is 16.3. The summed E-state index contributed by atoms with van der Waals surface area (Å²) in [6, 6.07) is 0. The Hall–Kier alpha value is -0.0400. The lowest BCUT2D eigenvalue weighted by molar-refractivity contribution is -0.00986. The predicted molar refractivity (Wildman–Crippen MR) is 47.4 cm³/mol. The summed E-state index contributed by atoms with van der Waals surface area (Å²) in [4.78, 5) is 0. The maximum Gasteiger partial charge on any atom is 0.0571 e. The van der Waals surface area contributed by atoms with Crippen LogP contribution in [-0.4, -0.2) is 11.2 Å². The van der Waals surface area contributed by atoms with Crippen LogP contribution in [0.25, 0.3) is 0 Å². The predicted octanol–water partition coefficient (Wildman–Crippen LogP) is 2.58. The molecule has 0 heterocycles. The quantitative estimate of drug-likeness (QED) is 0.618. The lowest BCUT2D eigenvalue weighted by Crippen LogP contribution is -2.37. The smallest absolute Gasteiger partial charge is 0.0571 e. The molecule has 1 N–H and O–H groups in total. The van der Waals surface area contributed by atoms with Crippen molar-refractivity contribution in [2.24, 2.45) is 11.3 Å². The number of hydrogen-bond donors (Lipinski definition) is 1. The van der Waals surface area contributed by atoms with Crippen molar-refractivity contribution in [1.82, 2.24) is 0 Å². The molecule has 0 aromatic heterocycles. The molecule has 0 aromatic rings. The molecule has 1 rings (SSSR count). The molecule has 1 fully saturated rings. The second kappa shape index (κ2) is 3.14. The van der Waals surface area contributed by atoms with E-state index in [-0.39, 0.29) is 6.10 Å². The molecule has 1 unspecified atom stereocenters. The van der Waals surface area contributed by atoms with Gasteiger partial charge in [-0.05, 0) is 24.2 Å². The second-order valence-corrected chi connectivity index (χ2v) is 4.26. The largest absolute Gasteiger partial charge is 0.393 e. The van der Waals surface area contributed by atoms with Gasteiger partial charge < -0.3 is 5.11 Å². The molecule has 0 amide bonds. The van der Waals surface area contributed by atoms with Crippen molar-refractivity contribution in [2.75, 3.05) is 0 Å². The fourth-order valence-electron chi connectivity index (χ4n) is 2.16. The third kappa shape index (κ3) is 1.58. The Morgan fingerprint density at radius 1 is 1.55 bits per heavy atom. The van der Waals surface area contributed by atoms with Gasteiger partial charge in [-0.25, -0.2) is 0 Å². The van der Waals surface area contributed by atoms with Crippen LogP contribution in [0, 0.1) is 11.3 Å². The molecule has 1 saturated carbocycles. The highest BCUT2D eigenvalue weighted by Crippen LogP contribution is 2.43. The van der Waals surface area contributed by atoms with Crippen molar-refractivity contribution in [3.8, 4) is 0 Å². The molecule has 11 heavy (non-hydrogen) atoms. The minimum absolute atomic E-state index is 0.0475. The SMILES string of the molecule is CC[C@@]1(C)CCC[C@H](O)C1C. The van der Waals surface area contributed by atoms with Crippen LogP contribution < -0.4 is 0 Å². The number of hydrogen-bond acceptors (Lipinski definition) is 1. The van der Waals surface area contributed by atoms with Gasteiger partial charge in [-0.1, -0.05) is 33.6 Å². The third-order valence-electron chi connectivity index (χ3n) is 3.73. The third-order valence-corrected chi connectivity index (χ3v) is 3.73. The van der Waals surface area contributed by atoms with Crippen LogP contribution in [0.4, 0.5) is 0 Å². The Balaban J connectivity index is 2.64. The molecule has 0 radical (unpaired) electrons. The topological polar surface area (TPSA) is 20.2 Å². The van der Waals surface area contributed by atoms with Crippen molar-refractivity contribution in [3.63, 3.8) is 0 Å². The second-order valence-electron chi connectivity index (χ2n) is 4.26. The van der Waals surface area contributed by atoms with E-state index in [1.54, 1.807) is 0 Å². The van der Waals surface area contributed by atoms with Crippen molar-refractivity contribution in [1.29, 1.82) is 0 Å². The van der Waals surface area contributed by atoms with Crippen LogP contribution in [0.3, 0.4) is 0 Å². The highest BCUT2D eigenvalue weighted by molar-refractivity contribution is 4.87. The van der Waals surface area contributed by atoms with Gasteiger partial charge in [-0.15, -0.1) is 0 Å². The number of aliphatic hydroxyl groups is 1. The molecule has 0 bridgehead atoms. The molecule has 0 aromatic carbocycles. The molecule has 1 aliphatic carbocycles. The average Bonchev–Trinajstić information content (AvgIpc) is 2.00. The molecule has 66 valence electrons. The maximum atomic E-state index is 9.64. The Morgan fingerprint density at radius 2 is 2.18 bits per heavy atom. The Bertz CT molecular complexity index is 133. The molecule has 0 spiro atoms. The summed E-state index contributed by atoms with van der Waals surface area (Å²) in [6.45, 7) is 6.72. The van der Waals surface area contributed by atoms with E-state index in [1.165, 1.54) is 19.3 Å². The standard InChI is InChI=1S/C10H20O/c1-4-10(3)7-5-6-9(11)8(10)2/h8-9,11H,4-7H2,1-3H3/t8?,9-,10-/m0/s1. The minimum Gasteiger partial charge on any atom is -0.393 e. The fourth-order valence-corrected chi connectivity index (χ4v) is 2.16. The van der Waals surface area contributed by atoms with E-state index in [2.05, 4.69) is 20.8 Å². The number of aliphatic hydroxyl groups excluding tert-OH is 1. The van der Waals surface area contributed by atoms with Gasteiger partial charge in [0.1, 0.15) is 0 Å². The van der Waals surface area contributed by atoms with Crippen LogP contribution >= 0.6 is 0 Å². The molecule has 1 heteroatoms. The van der Waals surface area contributed by atoms with Crippen LogP contribution in [0.2, 0.25) is 0 Å². The molecule has 1 nitrogen and oxygen atoms in total. The van der Waals surface area contributed by atoms with Crippen LogP contribution in [0.5, 0.6) is 0 Å².